The second kappa shape index (κ2) is 8.77. The summed E-state index contributed by atoms with van der Waals surface area (Å²) in [4.78, 5) is 30.5. The minimum atomic E-state index is -4.63. The molecule has 1 saturated heterocycles. The van der Waals surface area contributed by atoms with Gasteiger partial charge in [-0.15, -0.1) is 10.2 Å². The molecule has 8 nitrogen and oxygen atoms in total. The molecule has 2 aliphatic rings. The maximum Gasteiger partial charge on any atom is 0.417 e. The van der Waals surface area contributed by atoms with Crippen LogP contribution in [-0.2, 0) is 6.18 Å². The fourth-order valence-corrected chi connectivity index (χ4v) is 4.36. The van der Waals surface area contributed by atoms with Crippen LogP contribution in [0.25, 0.3) is 0 Å². The molecule has 0 aliphatic carbocycles. The van der Waals surface area contributed by atoms with E-state index >= 15 is 0 Å². The zero-order valence-electron chi connectivity index (χ0n) is 19.0. The maximum atomic E-state index is 13.8. The summed E-state index contributed by atoms with van der Waals surface area (Å²) in [6, 6.07) is 10.3. The third kappa shape index (κ3) is 4.18. The van der Waals surface area contributed by atoms with Crippen LogP contribution < -0.4 is 15.1 Å². The lowest BCUT2D eigenvalue weighted by atomic mass is 10.1. The first-order valence-corrected chi connectivity index (χ1v) is 11.1. The summed E-state index contributed by atoms with van der Waals surface area (Å²) < 4.78 is 53.8. The van der Waals surface area contributed by atoms with Gasteiger partial charge in [0.25, 0.3) is 11.8 Å². The van der Waals surface area contributed by atoms with Crippen LogP contribution in [0.2, 0.25) is 0 Å². The molecule has 1 aromatic heterocycles. The summed E-state index contributed by atoms with van der Waals surface area (Å²) >= 11 is 0. The summed E-state index contributed by atoms with van der Waals surface area (Å²) in [6.45, 7) is 0.911. The molecule has 2 aliphatic heterocycles. The number of aromatic nitrogens is 2. The Balaban J connectivity index is 1.34. The van der Waals surface area contributed by atoms with E-state index in [2.05, 4.69) is 15.5 Å². The lowest BCUT2D eigenvalue weighted by Gasteiger charge is -2.35. The van der Waals surface area contributed by atoms with Crippen molar-refractivity contribution in [2.75, 3.05) is 48.3 Å². The summed E-state index contributed by atoms with van der Waals surface area (Å²) in [5.41, 5.74) is -0.272. The van der Waals surface area contributed by atoms with Crippen molar-refractivity contribution >= 4 is 34.8 Å². The number of hydrogen-bond donors (Lipinski definition) is 1. The van der Waals surface area contributed by atoms with Crippen molar-refractivity contribution in [3.8, 4) is 0 Å². The number of halogens is 4. The van der Waals surface area contributed by atoms with E-state index in [4.69, 9.17) is 0 Å². The van der Waals surface area contributed by atoms with Gasteiger partial charge in [0, 0.05) is 33.2 Å². The van der Waals surface area contributed by atoms with Gasteiger partial charge in [-0.05, 0) is 36.4 Å². The highest BCUT2D eigenvalue weighted by Gasteiger charge is 2.36. The molecule has 3 heterocycles. The van der Waals surface area contributed by atoms with Crippen LogP contribution in [0.3, 0.4) is 0 Å². The highest BCUT2D eigenvalue weighted by molar-refractivity contribution is 6.12. The Labute approximate surface area is 203 Å². The molecule has 0 radical (unpaired) electrons. The van der Waals surface area contributed by atoms with Gasteiger partial charge < -0.3 is 20.0 Å². The Morgan fingerprint density at radius 3 is 2.44 bits per heavy atom. The van der Waals surface area contributed by atoms with Crippen LogP contribution in [0, 0.1) is 5.82 Å². The fourth-order valence-electron chi connectivity index (χ4n) is 4.36. The molecule has 0 spiro atoms. The van der Waals surface area contributed by atoms with Gasteiger partial charge >= 0.3 is 6.18 Å². The summed E-state index contributed by atoms with van der Waals surface area (Å²) in [5.74, 6) is -0.957. The molecule has 12 heteroatoms. The molecule has 36 heavy (non-hydrogen) atoms. The van der Waals surface area contributed by atoms with Crippen molar-refractivity contribution in [3.63, 3.8) is 0 Å². The SMILES string of the molecule is CN1c2cc(F)ccc2NC(=O)c2cc(N3CCN(C(=O)c4ccccc4C(F)(F)F)CC3)nnc21. The van der Waals surface area contributed by atoms with Crippen LogP contribution >= 0.6 is 0 Å². The average Bonchev–Trinajstić information content (AvgIpc) is 2.97. The highest BCUT2D eigenvalue weighted by atomic mass is 19.4. The Morgan fingerprint density at radius 2 is 1.72 bits per heavy atom. The Hall–Kier alpha value is -4.22. The molecule has 186 valence electrons. The molecular formula is C24H20F4N6O2. The standard InChI is InChI=1S/C24H20F4N6O2/c1-32-19-12-14(25)6-7-18(19)29-22(35)16-13-20(30-31-21(16)32)33-8-10-34(11-9-33)23(36)15-4-2-3-5-17(15)24(26,27)28/h2-7,12-13H,8-11H2,1H3,(H,29,35). The second-order valence-electron chi connectivity index (χ2n) is 8.44. The lowest BCUT2D eigenvalue weighted by molar-refractivity contribution is -0.138. The summed E-state index contributed by atoms with van der Waals surface area (Å²) in [6.07, 6.45) is -4.63. The number of anilines is 4. The number of rotatable bonds is 2. The van der Waals surface area contributed by atoms with E-state index in [0.717, 1.165) is 6.07 Å². The van der Waals surface area contributed by atoms with Crippen molar-refractivity contribution < 1.29 is 27.2 Å². The van der Waals surface area contributed by atoms with Crippen molar-refractivity contribution in [2.45, 2.75) is 6.18 Å². The molecule has 0 bridgehead atoms. The van der Waals surface area contributed by atoms with Crippen molar-refractivity contribution in [3.05, 3.63) is 71.0 Å². The highest BCUT2D eigenvalue weighted by Crippen LogP contribution is 2.37. The van der Waals surface area contributed by atoms with Gasteiger partial charge in [0.05, 0.1) is 28.1 Å². The third-order valence-electron chi connectivity index (χ3n) is 6.25. The van der Waals surface area contributed by atoms with Gasteiger partial charge in [-0.3, -0.25) is 9.59 Å². The van der Waals surface area contributed by atoms with Gasteiger partial charge in [0.2, 0.25) is 0 Å². The predicted molar refractivity (Wildman–Crippen MR) is 124 cm³/mol. The van der Waals surface area contributed by atoms with Crippen molar-refractivity contribution in [1.29, 1.82) is 0 Å². The van der Waals surface area contributed by atoms with Gasteiger partial charge in [0.15, 0.2) is 11.6 Å². The Morgan fingerprint density at radius 1 is 1.00 bits per heavy atom. The number of fused-ring (bicyclic) bond motifs is 2. The first kappa shape index (κ1) is 23.5. The molecule has 0 saturated carbocycles. The maximum absolute atomic E-state index is 13.8. The number of piperazine rings is 1. The van der Waals surface area contributed by atoms with E-state index in [1.165, 1.54) is 41.3 Å². The summed E-state index contributed by atoms with van der Waals surface area (Å²) in [5, 5.41) is 11.2. The van der Waals surface area contributed by atoms with E-state index in [9.17, 15) is 27.2 Å². The Kier molecular flexibility index (Phi) is 5.73. The first-order chi connectivity index (χ1) is 17.1. The number of nitrogens with one attached hydrogen (secondary N) is 1. The van der Waals surface area contributed by atoms with Crippen molar-refractivity contribution in [1.82, 2.24) is 15.1 Å². The number of nitrogens with zero attached hydrogens (tertiary/aromatic N) is 5. The molecule has 3 aromatic rings. The van der Waals surface area contributed by atoms with Gasteiger partial charge in [-0.25, -0.2) is 4.39 Å². The molecule has 1 fully saturated rings. The normalized spacial score (nSPS) is 15.7. The summed E-state index contributed by atoms with van der Waals surface area (Å²) in [7, 11) is 1.65. The smallest absolute Gasteiger partial charge is 0.352 e. The van der Waals surface area contributed by atoms with E-state index in [1.54, 1.807) is 22.9 Å². The number of hydrogen-bond acceptors (Lipinski definition) is 6. The van der Waals surface area contributed by atoms with Gasteiger partial charge in [-0.1, -0.05) is 12.1 Å². The second-order valence-corrected chi connectivity index (χ2v) is 8.44. The number of benzene rings is 2. The Bertz CT molecular complexity index is 1350. The van der Waals surface area contributed by atoms with Crippen molar-refractivity contribution in [2.24, 2.45) is 0 Å². The number of carbonyl (C=O) groups excluding carboxylic acids is 2. The minimum Gasteiger partial charge on any atom is -0.352 e. The third-order valence-corrected chi connectivity index (χ3v) is 6.25. The quantitative estimate of drug-likeness (QED) is 0.537. The zero-order chi connectivity index (χ0) is 25.6. The van der Waals surface area contributed by atoms with E-state index in [-0.39, 0.29) is 43.1 Å². The average molecular weight is 500 g/mol. The van der Waals surface area contributed by atoms with E-state index in [0.29, 0.717) is 17.2 Å². The van der Waals surface area contributed by atoms with Crippen LogP contribution in [0.5, 0.6) is 0 Å². The molecule has 2 aromatic carbocycles. The van der Waals surface area contributed by atoms with Gasteiger partial charge in [-0.2, -0.15) is 13.2 Å². The van der Waals surface area contributed by atoms with Gasteiger partial charge in [0.1, 0.15) is 5.82 Å². The fraction of sp³-hybridized carbons (Fsp3) is 0.250. The molecule has 1 N–H and O–H groups in total. The molecule has 2 amide bonds. The minimum absolute atomic E-state index is 0.167. The molecular weight excluding hydrogens is 480 g/mol. The largest absolute Gasteiger partial charge is 0.417 e. The first-order valence-electron chi connectivity index (χ1n) is 11.1. The zero-order valence-corrected chi connectivity index (χ0v) is 19.0. The van der Waals surface area contributed by atoms with E-state index < -0.39 is 29.4 Å². The molecule has 5 rings (SSSR count). The van der Waals surface area contributed by atoms with E-state index in [1.807, 2.05) is 0 Å². The topological polar surface area (TPSA) is 81.7 Å². The van der Waals surface area contributed by atoms with Crippen LogP contribution in [0.15, 0.2) is 48.5 Å². The molecule has 0 unspecified atom stereocenters. The predicted octanol–water partition coefficient (Wildman–Crippen LogP) is 3.93. The van der Waals surface area contributed by atoms with Crippen LogP contribution in [0.1, 0.15) is 26.3 Å². The number of alkyl halides is 3. The monoisotopic (exact) mass is 500 g/mol. The van der Waals surface area contributed by atoms with Crippen LogP contribution in [-0.4, -0.2) is 60.1 Å². The lowest BCUT2D eigenvalue weighted by Crippen LogP contribution is -2.49. The number of amides is 2. The van der Waals surface area contributed by atoms with Crippen LogP contribution in [0.4, 0.5) is 40.6 Å². The molecule has 0 atom stereocenters. The number of carbonyl (C=O) groups is 2.